The van der Waals surface area contributed by atoms with Crippen molar-refractivity contribution in [3.05, 3.63) is 41.0 Å². The average Bonchev–Trinajstić information content (AvgIpc) is 2.89. The lowest BCUT2D eigenvalue weighted by molar-refractivity contribution is -0.221. The molecule has 5 rings (SSSR count). The van der Waals surface area contributed by atoms with Gasteiger partial charge in [-0.05, 0) is 43.7 Å². The van der Waals surface area contributed by atoms with Crippen LogP contribution in [0, 0.1) is 12.3 Å². The third-order valence-electron chi connectivity index (χ3n) is 5.46. The van der Waals surface area contributed by atoms with Crippen LogP contribution in [0.5, 0.6) is 0 Å². The highest BCUT2D eigenvalue weighted by molar-refractivity contribution is 6.05. The van der Waals surface area contributed by atoms with Crippen molar-refractivity contribution in [3.8, 4) is 0 Å². The van der Waals surface area contributed by atoms with E-state index < -0.39 is 40.3 Å². The number of amides is 2. The lowest BCUT2D eigenvalue weighted by Crippen LogP contribution is -2.65. The van der Waals surface area contributed by atoms with Crippen molar-refractivity contribution in [2.24, 2.45) is 11.1 Å². The zero-order valence-corrected chi connectivity index (χ0v) is 15.3. The summed E-state index contributed by atoms with van der Waals surface area (Å²) < 4.78 is 55.7. The first-order chi connectivity index (χ1) is 13.4. The van der Waals surface area contributed by atoms with Gasteiger partial charge in [0, 0.05) is 18.4 Å². The molecule has 0 aliphatic heterocycles. The second-order valence-corrected chi connectivity index (χ2v) is 7.89. The second kappa shape index (κ2) is 6.01. The number of aryl methyl sites for hydroxylation is 1. The number of nitrogens with one attached hydrogen (secondary N) is 1. The second-order valence-electron chi connectivity index (χ2n) is 7.89. The van der Waals surface area contributed by atoms with E-state index in [0.29, 0.717) is 0 Å². The van der Waals surface area contributed by atoms with Gasteiger partial charge in [-0.15, -0.1) is 0 Å². The lowest BCUT2D eigenvalue weighted by Gasteiger charge is -2.65. The third-order valence-corrected chi connectivity index (χ3v) is 5.46. The normalized spacial score (nSPS) is 25.1. The molecular weight excluding hydrogens is 394 g/mol. The molecular formula is C18H17F4N5O2. The molecule has 3 N–H and O–H groups in total. The van der Waals surface area contributed by atoms with Gasteiger partial charge < -0.3 is 11.1 Å². The molecule has 0 aromatic carbocycles. The summed E-state index contributed by atoms with van der Waals surface area (Å²) in [5.74, 6) is -1.89. The molecule has 2 amide bonds. The predicted molar refractivity (Wildman–Crippen MR) is 92.8 cm³/mol. The van der Waals surface area contributed by atoms with Gasteiger partial charge in [0.1, 0.15) is 22.6 Å². The Bertz CT molecular complexity index is 1010. The van der Waals surface area contributed by atoms with E-state index in [1.54, 1.807) is 0 Å². The van der Waals surface area contributed by atoms with Gasteiger partial charge in [-0.3, -0.25) is 19.3 Å². The minimum absolute atomic E-state index is 0.0290. The summed E-state index contributed by atoms with van der Waals surface area (Å²) in [4.78, 5) is 27.7. The van der Waals surface area contributed by atoms with Crippen molar-refractivity contribution in [3.63, 3.8) is 0 Å². The van der Waals surface area contributed by atoms with E-state index in [4.69, 9.17) is 5.73 Å². The fourth-order valence-electron chi connectivity index (χ4n) is 4.45. The van der Waals surface area contributed by atoms with Crippen molar-refractivity contribution in [2.45, 2.75) is 44.6 Å². The Kier molecular flexibility index (Phi) is 4.01. The topological polar surface area (TPSA) is 103 Å². The molecule has 2 heterocycles. The maximum Gasteiger partial charge on any atom is 0.420 e. The molecule has 0 saturated heterocycles. The number of nitrogens with zero attached hydrogens (tertiary/aromatic N) is 3. The quantitative estimate of drug-likeness (QED) is 0.739. The monoisotopic (exact) mass is 411 g/mol. The summed E-state index contributed by atoms with van der Waals surface area (Å²) in [5.41, 5.74) is 1.24. The van der Waals surface area contributed by atoms with Crippen LogP contribution in [0.15, 0.2) is 18.3 Å². The molecule has 0 spiro atoms. The highest BCUT2D eigenvalue weighted by Gasteiger charge is 2.69. The van der Waals surface area contributed by atoms with E-state index in [9.17, 15) is 27.2 Å². The SMILES string of the molecule is Cc1nn(CC23CC(F)(C2)C3)c(C(=O)Nc2ccnc(C(N)=O)c2)c1C(F)(F)F. The Balaban J connectivity index is 1.68. The van der Waals surface area contributed by atoms with Crippen molar-refractivity contribution >= 4 is 17.5 Å². The molecule has 0 radical (unpaired) electrons. The summed E-state index contributed by atoms with van der Waals surface area (Å²) in [6.07, 6.45) is -2.83. The molecule has 11 heteroatoms. The number of alkyl halides is 4. The average molecular weight is 411 g/mol. The van der Waals surface area contributed by atoms with Crippen molar-refractivity contribution in [2.75, 3.05) is 5.32 Å². The van der Waals surface area contributed by atoms with Gasteiger partial charge in [-0.2, -0.15) is 18.3 Å². The van der Waals surface area contributed by atoms with Crippen LogP contribution >= 0.6 is 0 Å². The zero-order chi connectivity index (χ0) is 21.2. The molecule has 3 saturated carbocycles. The van der Waals surface area contributed by atoms with Crippen molar-refractivity contribution in [1.29, 1.82) is 0 Å². The molecule has 3 fully saturated rings. The molecule has 2 aromatic heterocycles. The van der Waals surface area contributed by atoms with E-state index in [0.717, 1.165) is 10.7 Å². The van der Waals surface area contributed by atoms with Crippen LogP contribution in [0.1, 0.15) is 51.5 Å². The zero-order valence-electron chi connectivity index (χ0n) is 15.3. The van der Waals surface area contributed by atoms with Crippen LogP contribution in [0.4, 0.5) is 23.2 Å². The number of aromatic nitrogens is 3. The molecule has 0 atom stereocenters. The molecule has 29 heavy (non-hydrogen) atoms. The number of carbonyl (C=O) groups excluding carboxylic acids is 2. The van der Waals surface area contributed by atoms with Gasteiger partial charge >= 0.3 is 6.18 Å². The van der Waals surface area contributed by atoms with Crippen LogP contribution in [0.2, 0.25) is 0 Å². The van der Waals surface area contributed by atoms with Gasteiger partial charge in [-0.1, -0.05) is 0 Å². The molecule has 154 valence electrons. The van der Waals surface area contributed by atoms with Crippen LogP contribution in [-0.4, -0.2) is 32.2 Å². The van der Waals surface area contributed by atoms with E-state index >= 15 is 0 Å². The summed E-state index contributed by atoms with van der Waals surface area (Å²) >= 11 is 0. The third kappa shape index (κ3) is 3.23. The molecule has 2 bridgehead atoms. The Morgan fingerprint density at radius 1 is 1.31 bits per heavy atom. The van der Waals surface area contributed by atoms with Gasteiger partial charge in [0.05, 0.1) is 5.69 Å². The Hall–Kier alpha value is -2.98. The van der Waals surface area contributed by atoms with Gasteiger partial charge in [0.15, 0.2) is 0 Å². The lowest BCUT2D eigenvalue weighted by atomic mass is 9.42. The summed E-state index contributed by atoms with van der Waals surface area (Å²) in [7, 11) is 0. The number of pyridine rings is 1. The van der Waals surface area contributed by atoms with Crippen LogP contribution in [0.3, 0.4) is 0 Å². The number of primary amides is 1. The number of rotatable bonds is 5. The van der Waals surface area contributed by atoms with Gasteiger partial charge in [0.25, 0.3) is 11.8 Å². The molecule has 3 aliphatic carbocycles. The maximum absolute atomic E-state index is 13.8. The van der Waals surface area contributed by atoms with Crippen LogP contribution in [-0.2, 0) is 12.7 Å². The number of hydrogen-bond acceptors (Lipinski definition) is 4. The number of halogens is 4. The first kappa shape index (κ1) is 19.3. The van der Waals surface area contributed by atoms with Crippen molar-refractivity contribution in [1.82, 2.24) is 14.8 Å². The smallest absolute Gasteiger partial charge is 0.364 e. The number of carbonyl (C=O) groups is 2. The summed E-state index contributed by atoms with van der Waals surface area (Å²) in [6.45, 7) is 1.20. The minimum atomic E-state index is -4.80. The Labute approximate surface area is 162 Å². The van der Waals surface area contributed by atoms with Crippen LogP contribution in [0.25, 0.3) is 0 Å². The largest absolute Gasteiger partial charge is 0.420 e. The van der Waals surface area contributed by atoms with E-state index in [1.807, 2.05) is 0 Å². The standard InChI is InChI=1S/C18H17F4N5O2/c1-9-12(18(20,21)22)13(27(26-9)8-16-5-17(19,6-16)7-16)15(29)25-10-2-3-24-11(4-10)14(23)28/h2-4H,5-8H2,1H3,(H2,23,28)(H,24,25,29). The van der Waals surface area contributed by atoms with E-state index in [1.165, 1.54) is 19.2 Å². The Morgan fingerprint density at radius 3 is 2.52 bits per heavy atom. The highest BCUT2D eigenvalue weighted by atomic mass is 19.4. The van der Waals surface area contributed by atoms with E-state index in [2.05, 4.69) is 15.4 Å². The number of hydrogen-bond donors (Lipinski definition) is 2. The fourth-order valence-corrected chi connectivity index (χ4v) is 4.45. The number of anilines is 1. The maximum atomic E-state index is 13.8. The fraction of sp³-hybridized carbons (Fsp3) is 0.444. The van der Waals surface area contributed by atoms with Gasteiger partial charge in [-0.25, -0.2) is 4.39 Å². The van der Waals surface area contributed by atoms with Gasteiger partial charge in [0.2, 0.25) is 0 Å². The molecule has 3 aliphatic rings. The molecule has 2 aromatic rings. The molecule has 7 nitrogen and oxygen atoms in total. The highest BCUT2D eigenvalue weighted by Crippen LogP contribution is 2.70. The number of nitrogens with two attached hydrogens (primary N) is 1. The summed E-state index contributed by atoms with van der Waals surface area (Å²) in [6, 6.07) is 2.48. The molecule has 0 unspecified atom stereocenters. The first-order valence-electron chi connectivity index (χ1n) is 8.82. The van der Waals surface area contributed by atoms with E-state index in [-0.39, 0.29) is 42.9 Å². The predicted octanol–water partition coefficient (Wildman–Crippen LogP) is 2.85. The van der Waals surface area contributed by atoms with Crippen molar-refractivity contribution < 1.29 is 27.2 Å². The Morgan fingerprint density at radius 2 is 1.97 bits per heavy atom. The minimum Gasteiger partial charge on any atom is -0.364 e. The van der Waals surface area contributed by atoms with Crippen LogP contribution < -0.4 is 11.1 Å². The first-order valence-corrected chi connectivity index (χ1v) is 8.82. The summed E-state index contributed by atoms with van der Waals surface area (Å²) in [5, 5.41) is 6.27.